The lowest BCUT2D eigenvalue weighted by Crippen LogP contribution is -2.32. The van der Waals surface area contributed by atoms with E-state index >= 15 is 0 Å². The summed E-state index contributed by atoms with van der Waals surface area (Å²) in [5.41, 5.74) is 2.94. The van der Waals surface area contributed by atoms with Crippen LogP contribution in [0.15, 0.2) is 42.5 Å². The highest BCUT2D eigenvalue weighted by Crippen LogP contribution is 2.27. The number of likely N-dealkylation sites (tertiary alicyclic amines) is 1. The fourth-order valence-electron chi connectivity index (χ4n) is 4.08. The number of nitro groups is 1. The number of hydrogen-bond donors (Lipinski definition) is 1. The van der Waals surface area contributed by atoms with Crippen molar-refractivity contribution in [2.45, 2.75) is 45.7 Å². The second-order valence-corrected chi connectivity index (χ2v) is 10.6. The first-order valence-electron chi connectivity index (χ1n) is 11.4. The number of hydrogen-bond acceptors (Lipinski definition) is 6. The minimum Gasteiger partial charge on any atom is -0.352 e. The van der Waals surface area contributed by atoms with Gasteiger partial charge in [0.1, 0.15) is 0 Å². The zero-order chi connectivity index (χ0) is 24.7. The molecule has 0 radical (unpaired) electrons. The molecule has 1 saturated heterocycles. The fraction of sp³-hybridized carbons (Fsp3) is 0.458. The monoisotopic (exact) mass is 488 g/mol. The molecule has 1 heterocycles. The summed E-state index contributed by atoms with van der Waals surface area (Å²) in [5.74, 6) is -0.176. The van der Waals surface area contributed by atoms with Gasteiger partial charge in [-0.15, -0.1) is 0 Å². The molecule has 9 nitrogen and oxygen atoms in total. The van der Waals surface area contributed by atoms with Crippen molar-refractivity contribution in [3.63, 3.8) is 0 Å². The molecule has 1 aliphatic rings. The Labute approximate surface area is 201 Å². The number of nitro benzene ring substituents is 1. The van der Waals surface area contributed by atoms with E-state index in [0.717, 1.165) is 35.8 Å². The molecular weight excluding hydrogens is 456 g/mol. The maximum atomic E-state index is 12.3. The number of benzene rings is 2. The summed E-state index contributed by atoms with van der Waals surface area (Å²) in [7, 11) is -3.67. The number of carbonyl (C=O) groups excluding carboxylic acids is 1. The molecule has 2 aromatic carbocycles. The Morgan fingerprint density at radius 1 is 1.12 bits per heavy atom. The van der Waals surface area contributed by atoms with Crippen LogP contribution in [0.1, 0.15) is 42.4 Å². The lowest BCUT2D eigenvalue weighted by atomic mass is 10.1. The molecular formula is C24H32N4O5S. The molecule has 3 rings (SSSR count). The summed E-state index contributed by atoms with van der Waals surface area (Å²) in [6, 6.07) is 12.3. The van der Waals surface area contributed by atoms with E-state index in [4.69, 9.17) is 0 Å². The fourth-order valence-corrected chi connectivity index (χ4v) is 5.09. The van der Waals surface area contributed by atoms with Crippen LogP contribution < -0.4 is 9.62 Å². The number of carbonyl (C=O) groups is 1. The van der Waals surface area contributed by atoms with Crippen molar-refractivity contribution < 1.29 is 18.1 Å². The normalized spacial score (nSPS) is 14.2. The number of non-ortho nitro benzene ring substituents is 1. The van der Waals surface area contributed by atoms with E-state index in [1.165, 1.54) is 36.6 Å². The molecule has 0 atom stereocenters. The van der Waals surface area contributed by atoms with Gasteiger partial charge in [0.15, 0.2) is 0 Å². The van der Waals surface area contributed by atoms with Crippen LogP contribution in [0.5, 0.6) is 0 Å². The first-order chi connectivity index (χ1) is 16.1. The van der Waals surface area contributed by atoms with Crippen LogP contribution in [0, 0.1) is 17.0 Å². The van der Waals surface area contributed by atoms with E-state index in [9.17, 15) is 23.3 Å². The van der Waals surface area contributed by atoms with Crippen molar-refractivity contribution in [1.29, 1.82) is 0 Å². The lowest BCUT2D eigenvalue weighted by molar-refractivity contribution is -0.384. The number of aryl methyl sites for hydroxylation is 1. The molecule has 0 spiro atoms. The van der Waals surface area contributed by atoms with Gasteiger partial charge in [0.25, 0.3) is 5.69 Å². The average molecular weight is 489 g/mol. The first kappa shape index (κ1) is 25.6. The highest BCUT2D eigenvalue weighted by atomic mass is 32.2. The van der Waals surface area contributed by atoms with Crippen LogP contribution in [-0.2, 0) is 27.9 Å². The molecule has 0 aromatic heterocycles. The number of amides is 1. The highest BCUT2D eigenvalue weighted by Gasteiger charge is 2.22. The molecule has 10 heteroatoms. The van der Waals surface area contributed by atoms with Gasteiger partial charge in [-0.25, -0.2) is 8.42 Å². The van der Waals surface area contributed by atoms with E-state index in [-0.39, 0.29) is 36.7 Å². The Hall–Kier alpha value is -2.98. The predicted octanol–water partition coefficient (Wildman–Crippen LogP) is 3.36. The van der Waals surface area contributed by atoms with Crippen molar-refractivity contribution in [2.24, 2.45) is 0 Å². The van der Waals surface area contributed by atoms with Gasteiger partial charge < -0.3 is 5.32 Å². The van der Waals surface area contributed by atoms with Gasteiger partial charge in [0.05, 0.1) is 16.9 Å². The van der Waals surface area contributed by atoms with Gasteiger partial charge >= 0.3 is 0 Å². The zero-order valence-electron chi connectivity index (χ0n) is 19.7. The summed E-state index contributed by atoms with van der Waals surface area (Å²) in [6.07, 6.45) is 4.01. The topological polar surface area (TPSA) is 113 Å². The average Bonchev–Trinajstić information content (AvgIpc) is 3.29. The van der Waals surface area contributed by atoms with Crippen molar-refractivity contribution in [3.05, 3.63) is 69.3 Å². The van der Waals surface area contributed by atoms with E-state index in [1.54, 1.807) is 6.92 Å². The summed E-state index contributed by atoms with van der Waals surface area (Å²) in [5, 5.41) is 14.0. The van der Waals surface area contributed by atoms with E-state index in [0.29, 0.717) is 12.1 Å². The quantitative estimate of drug-likeness (QED) is 0.383. The molecule has 0 bridgehead atoms. The summed E-state index contributed by atoms with van der Waals surface area (Å²) in [6.45, 7) is 5.40. The minimum atomic E-state index is -3.67. The molecule has 34 heavy (non-hydrogen) atoms. The minimum absolute atomic E-state index is 0.0550. The Bertz CT molecular complexity index is 1110. The molecule has 1 N–H and O–H groups in total. The maximum Gasteiger partial charge on any atom is 0.271 e. The van der Waals surface area contributed by atoms with Crippen molar-refractivity contribution >= 4 is 27.3 Å². The molecule has 2 aromatic rings. The van der Waals surface area contributed by atoms with E-state index in [1.807, 2.05) is 12.1 Å². The van der Waals surface area contributed by atoms with Gasteiger partial charge in [-0.2, -0.15) is 0 Å². The molecule has 1 aliphatic heterocycles. The number of nitrogens with zero attached hydrogens (tertiary/aromatic N) is 3. The molecule has 1 amide bonds. The molecule has 184 valence electrons. The van der Waals surface area contributed by atoms with Gasteiger partial charge in [-0.1, -0.05) is 30.3 Å². The van der Waals surface area contributed by atoms with Crippen molar-refractivity contribution in [3.8, 4) is 0 Å². The molecule has 0 saturated carbocycles. The Morgan fingerprint density at radius 3 is 2.38 bits per heavy atom. The lowest BCUT2D eigenvalue weighted by Gasteiger charge is -2.24. The second-order valence-electron chi connectivity index (χ2n) is 8.74. The standard InChI is InChI=1S/C24H32N4O5S/c1-19-7-12-22(28(30)31)16-23(19)27(34(2,32)33)15-5-6-24(29)25-17-20-8-10-21(11-9-20)18-26-13-3-4-14-26/h7-12,16H,3-6,13-15,17-18H2,1-2H3,(H,25,29). The number of rotatable bonds is 11. The van der Waals surface area contributed by atoms with Gasteiger partial charge in [0.2, 0.25) is 15.9 Å². The molecule has 0 aliphatic carbocycles. The number of sulfonamides is 1. The van der Waals surface area contributed by atoms with Gasteiger partial charge in [0, 0.05) is 38.2 Å². The van der Waals surface area contributed by atoms with Crippen LogP contribution in [0.4, 0.5) is 11.4 Å². The van der Waals surface area contributed by atoms with E-state index < -0.39 is 14.9 Å². The maximum absolute atomic E-state index is 12.3. The Morgan fingerprint density at radius 2 is 1.76 bits per heavy atom. The Kier molecular flexibility index (Phi) is 8.62. The van der Waals surface area contributed by atoms with Gasteiger partial charge in [-0.3, -0.25) is 24.1 Å². The zero-order valence-corrected chi connectivity index (χ0v) is 20.5. The first-order valence-corrected chi connectivity index (χ1v) is 13.3. The van der Waals surface area contributed by atoms with Crippen LogP contribution >= 0.6 is 0 Å². The third-order valence-corrected chi connectivity index (χ3v) is 7.14. The second kappa shape index (κ2) is 11.4. The number of anilines is 1. The Balaban J connectivity index is 1.50. The van der Waals surface area contributed by atoms with Crippen LogP contribution in [0.2, 0.25) is 0 Å². The SMILES string of the molecule is Cc1ccc([N+](=O)[O-])cc1N(CCCC(=O)NCc1ccc(CN2CCCC2)cc1)S(C)(=O)=O. The largest absolute Gasteiger partial charge is 0.352 e. The summed E-state index contributed by atoms with van der Waals surface area (Å²) < 4.78 is 25.8. The predicted molar refractivity (Wildman–Crippen MR) is 132 cm³/mol. The number of nitrogens with one attached hydrogen (secondary N) is 1. The highest BCUT2D eigenvalue weighted by molar-refractivity contribution is 7.92. The van der Waals surface area contributed by atoms with Crippen LogP contribution in [0.3, 0.4) is 0 Å². The smallest absolute Gasteiger partial charge is 0.271 e. The molecule has 0 unspecified atom stereocenters. The molecule has 1 fully saturated rings. The van der Waals surface area contributed by atoms with Crippen LogP contribution in [-0.4, -0.2) is 50.0 Å². The third kappa shape index (κ3) is 7.26. The van der Waals surface area contributed by atoms with E-state index in [2.05, 4.69) is 22.3 Å². The third-order valence-electron chi connectivity index (χ3n) is 5.96. The van der Waals surface area contributed by atoms with Crippen molar-refractivity contribution in [1.82, 2.24) is 10.2 Å². The summed E-state index contributed by atoms with van der Waals surface area (Å²) >= 11 is 0. The summed E-state index contributed by atoms with van der Waals surface area (Å²) in [4.78, 5) is 25.3. The van der Waals surface area contributed by atoms with Crippen LogP contribution in [0.25, 0.3) is 0 Å². The van der Waals surface area contributed by atoms with Gasteiger partial charge in [-0.05, 0) is 56.0 Å². The van der Waals surface area contributed by atoms with Crippen molar-refractivity contribution in [2.75, 3.05) is 30.2 Å².